The fourth-order valence-electron chi connectivity index (χ4n) is 4.06. The molecule has 1 unspecified atom stereocenters. The monoisotopic (exact) mass is 355 g/mol. The van der Waals surface area contributed by atoms with Gasteiger partial charge in [0.2, 0.25) is 5.91 Å². The lowest BCUT2D eigenvalue weighted by atomic mass is 9.85. The van der Waals surface area contributed by atoms with Crippen LogP contribution in [0.25, 0.3) is 0 Å². The number of anilines is 1. The highest BCUT2D eigenvalue weighted by Gasteiger charge is 2.51. The molecule has 0 saturated carbocycles. The fraction of sp³-hybridized carbons (Fsp3) is 0.350. The van der Waals surface area contributed by atoms with E-state index in [1.54, 1.807) is 36.1 Å². The van der Waals surface area contributed by atoms with Crippen LogP contribution in [0.2, 0.25) is 0 Å². The summed E-state index contributed by atoms with van der Waals surface area (Å²) in [6, 6.07) is 12.7. The van der Waals surface area contributed by atoms with Crippen molar-refractivity contribution in [1.82, 2.24) is 0 Å². The smallest absolute Gasteiger partial charge is 0.238 e. The van der Waals surface area contributed by atoms with E-state index in [-0.39, 0.29) is 16.6 Å². The molecule has 5 heteroatoms. The first-order valence-corrected chi connectivity index (χ1v) is 10.2. The van der Waals surface area contributed by atoms with Crippen LogP contribution in [0.1, 0.15) is 30.0 Å². The number of aryl methyl sites for hydroxylation is 2. The van der Waals surface area contributed by atoms with E-state index in [1.165, 1.54) is 0 Å². The first-order chi connectivity index (χ1) is 11.8. The Bertz CT molecular complexity index is 963. The highest BCUT2D eigenvalue weighted by atomic mass is 32.2. The number of benzene rings is 2. The summed E-state index contributed by atoms with van der Waals surface area (Å²) in [6.45, 7) is 4.36. The summed E-state index contributed by atoms with van der Waals surface area (Å²) in [7, 11) is -3.57. The highest BCUT2D eigenvalue weighted by Crippen LogP contribution is 2.47. The van der Waals surface area contributed by atoms with Gasteiger partial charge in [-0.25, -0.2) is 8.42 Å². The van der Waals surface area contributed by atoms with E-state index in [0.29, 0.717) is 6.54 Å². The van der Waals surface area contributed by atoms with Gasteiger partial charge in [0.1, 0.15) is 0 Å². The van der Waals surface area contributed by atoms with E-state index >= 15 is 0 Å². The molecule has 2 aromatic carbocycles. The number of carbonyl (C=O) groups is 1. The number of hydrogen-bond acceptors (Lipinski definition) is 3. The molecular formula is C20H21NO3S. The second-order valence-electron chi connectivity index (χ2n) is 7.28. The third-order valence-electron chi connectivity index (χ3n) is 5.39. The van der Waals surface area contributed by atoms with Crippen molar-refractivity contribution in [3.8, 4) is 0 Å². The van der Waals surface area contributed by atoms with Gasteiger partial charge in [-0.2, -0.15) is 0 Å². The predicted molar refractivity (Wildman–Crippen MR) is 97.7 cm³/mol. The van der Waals surface area contributed by atoms with Gasteiger partial charge in [0, 0.05) is 6.54 Å². The van der Waals surface area contributed by atoms with E-state index in [4.69, 9.17) is 0 Å². The summed E-state index contributed by atoms with van der Waals surface area (Å²) < 4.78 is 26.0. The molecule has 0 saturated heterocycles. The predicted octanol–water partition coefficient (Wildman–Crippen LogP) is 3.02. The van der Waals surface area contributed by atoms with Crippen molar-refractivity contribution in [3.05, 3.63) is 59.2 Å². The Hall–Kier alpha value is -2.14. The second-order valence-corrected chi connectivity index (χ2v) is 9.27. The summed E-state index contributed by atoms with van der Waals surface area (Å²) in [4.78, 5) is 15.2. The van der Waals surface area contributed by atoms with Crippen LogP contribution in [0.15, 0.2) is 47.4 Å². The molecule has 0 N–H and O–H groups in total. The van der Waals surface area contributed by atoms with Gasteiger partial charge in [0.05, 0.1) is 21.8 Å². The quantitative estimate of drug-likeness (QED) is 0.850. The summed E-state index contributed by atoms with van der Waals surface area (Å²) in [5.74, 6) is -0.292. The van der Waals surface area contributed by atoms with Crippen LogP contribution in [0, 0.1) is 6.92 Å². The normalized spacial score (nSPS) is 22.2. The number of sulfone groups is 1. The van der Waals surface area contributed by atoms with Gasteiger partial charge in [-0.1, -0.05) is 35.9 Å². The maximum atomic E-state index is 13.1. The van der Waals surface area contributed by atoms with E-state index < -0.39 is 15.3 Å². The molecule has 0 radical (unpaired) electrons. The minimum Gasteiger partial charge on any atom is -0.311 e. The van der Waals surface area contributed by atoms with Gasteiger partial charge in [0.25, 0.3) is 0 Å². The molecule has 1 atom stereocenters. The van der Waals surface area contributed by atoms with Crippen LogP contribution in [-0.2, 0) is 26.5 Å². The molecule has 2 heterocycles. The molecule has 25 heavy (non-hydrogen) atoms. The molecule has 0 aliphatic carbocycles. The van der Waals surface area contributed by atoms with Crippen molar-refractivity contribution in [2.24, 2.45) is 0 Å². The standard InChI is InChI=1S/C20H21NO3S/c1-14-8-10-16(11-9-14)25(23,24)13-20(2)17-7-3-5-15-6-4-12-21(18(15)17)19(20)22/h3,5,7-11H,4,6,12-13H2,1-2H3. The van der Waals surface area contributed by atoms with Crippen LogP contribution >= 0.6 is 0 Å². The molecule has 2 aliphatic rings. The van der Waals surface area contributed by atoms with Crippen molar-refractivity contribution in [3.63, 3.8) is 0 Å². The first-order valence-electron chi connectivity index (χ1n) is 8.57. The lowest BCUT2D eigenvalue weighted by Gasteiger charge is -2.26. The summed E-state index contributed by atoms with van der Waals surface area (Å²) in [5.41, 5.74) is 2.92. The number of para-hydroxylation sites is 1. The number of carbonyl (C=O) groups excluding carboxylic acids is 1. The van der Waals surface area contributed by atoms with Crippen molar-refractivity contribution < 1.29 is 13.2 Å². The minimum atomic E-state index is -3.57. The summed E-state index contributed by atoms with van der Waals surface area (Å²) >= 11 is 0. The van der Waals surface area contributed by atoms with Gasteiger partial charge in [-0.15, -0.1) is 0 Å². The molecule has 4 nitrogen and oxygen atoms in total. The maximum Gasteiger partial charge on any atom is 0.238 e. The largest absolute Gasteiger partial charge is 0.311 e. The van der Waals surface area contributed by atoms with E-state index in [9.17, 15) is 13.2 Å². The fourth-order valence-corrected chi connectivity index (χ4v) is 5.82. The van der Waals surface area contributed by atoms with Gasteiger partial charge in [0.15, 0.2) is 9.84 Å². The molecule has 0 fully saturated rings. The van der Waals surface area contributed by atoms with E-state index in [2.05, 4.69) is 0 Å². The van der Waals surface area contributed by atoms with Crippen molar-refractivity contribution >= 4 is 21.4 Å². The molecule has 0 aromatic heterocycles. The van der Waals surface area contributed by atoms with Gasteiger partial charge < -0.3 is 4.90 Å². The Morgan fingerprint density at radius 2 is 1.84 bits per heavy atom. The van der Waals surface area contributed by atoms with Crippen LogP contribution in [0.4, 0.5) is 5.69 Å². The highest BCUT2D eigenvalue weighted by molar-refractivity contribution is 7.91. The number of hydrogen-bond donors (Lipinski definition) is 0. The Labute approximate surface area is 148 Å². The number of nitrogens with zero attached hydrogens (tertiary/aromatic N) is 1. The molecule has 0 bridgehead atoms. The van der Waals surface area contributed by atoms with Crippen molar-refractivity contribution in [2.45, 2.75) is 37.0 Å². The zero-order valence-corrected chi connectivity index (χ0v) is 15.3. The van der Waals surface area contributed by atoms with Gasteiger partial charge >= 0.3 is 0 Å². The van der Waals surface area contributed by atoms with Gasteiger partial charge in [-0.3, -0.25) is 4.79 Å². The van der Waals surface area contributed by atoms with E-state index in [0.717, 1.165) is 35.2 Å². The van der Waals surface area contributed by atoms with Crippen LogP contribution in [-0.4, -0.2) is 26.6 Å². The average molecular weight is 355 g/mol. The molecule has 4 rings (SSSR count). The Morgan fingerprint density at radius 1 is 1.12 bits per heavy atom. The number of amides is 1. The molecule has 130 valence electrons. The zero-order chi connectivity index (χ0) is 17.8. The molecule has 2 aromatic rings. The Kier molecular flexibility index (Phi) is 3.55. The molecular weight excluding hydrogens is 334 g/mol. The SMILES string of the molecule is Cc1ccc(S(=O)(=O)CC2(C)C(=O)N3CCCc4cccc2c43)cc1. The molecule has 0 spiro atoms. The summed E-state index contributed by atoms with van der Waals surface area (Å²) in [6.07, 6.45) is 1.86. The lowest BCUT2D eigenvalue weighted by molar-refractivity contribution is -0.122. The lowest BCUT2D eigenvalue weighted by Crippen LogP contribution is -2.43. The topological polar surface area (TPSA) is 54.5 Å². The average Bonchev–Trinajstić information content (AvgIpc) is 2.79. The molecule has 2 aliphatic heterocycles. The third-order valence-corrected chi connectivity index (χ3v) is 7.34. The van der Waals surface area contributed by atoms with Crippen LogP contribution in [0.5, 0.6) is 0 Å². The van der Waals surface area contributed by atoms with Crippen molar-refractivity contribution in [2.75, 3.05) is 17.2 Å². The zero-order valence-electron chi connectivity index (χ0n) is 14.5. The van der Waals surface area contributed by atoms with Crippen LogP contribution < -0.4 is 4.90 Å². The third kappa shape index (κ3) is 2.41. The Morgan fingerprint density at radius 3 is 2.56 bits per heavy atom. The van der Waals surface area contributed by atoms with Crippen LogP contribution in [0.3, 0.4) is 0 Å². The summed E-state index contributed by atoms with van der Waals surface area (Å²) in [5, 5.41) is 0. The van der Waals surface area contributed by atoms with Gasteiger partial charge in [-0.05, 0) is 49.9 Å². The van der Waals surface area contributed by atoms with E-state index in [1.807, 2.05) is 25.1 Å². The number of rotatable bonds is 3. The molecule has 1 amide bonds. The second kappa shape index (κ2) is 5.43. The Balaban J connectivity index is 1.79. The minimum absolute atomic E-state index is 0.0923. The first kappa shape index (κ1) is 16.3. The maximum absolute atomic E-state index is 13.1. The van der Waals surface area contributed by atoms with Crippen molar-refractivity contribution in [1.29, 1.82) is 0 Å².